The molecule has 0 bridgehead atoms. The van der Waals surface area contributed by atoms with E-state index in [0.29, 0.717) is 12.8 Å². The van der Waals surface area contributed by atoms with E-state index in [4.69, 9.17) is 11.5 Å². The molecular formula is C30H60N2O2. The standard InChI is InChI=1S/C30H60N2O2/c1-5-9-13-17-22-29(26-21-27(31)33,23-18-14-10-6-2)30(28(32)34,24-19-15-11-7-3)25-20-16-12-8-4/h5-26H2,1-4H3,(H2,31,33)(H2,32,34). The topological polar surface area (TPSA) is 86.2 Å². The number of primary amides is 2. The van der Waals surface area contributed by atoms with Gasteiger partial charge in [0.05, 0.1) is 5.41 Å². The highest BCUT2D eigenvalue weighted by molar-refractivity contribution is 5.82. The van der Waals surface area contributed by atoms with Crippen LogP contribution in [0.25, 0.3) is 0 Å². The summed E-state index contributed by atoms with van der Waals surface area (Å²) in [6.07, 6.45) is 23.4. The van der Waals surface area contributed by atoms with Crippen LogP contribution >= 0.6 is 0 Å². The number of hydrogen-bond acceptors (Lipinski definition) is 2. The fraction of sp³-hybridized carbons (Fsp3) is 0.933. The molecule has 0 rings (SSSR count). The van der Waals surface area contributed by atoms with Crippen molar-refractivity contribution >= 4 is 11.8 Å². The maximum absolute atomic E-state index is 13.5. The molecule has 0 aromatic carbocycles. The molecule has 0 aliphatic rings. The first kappa shape index (κ1) is 32.9. The van der Waals surface area contributed by atoms with Crippen LogP contribution in [0.3, 0.4) is 0 Å². The zero-order chi connectivity index (χ0) is 25.7. The van der Waals surface area contributed by atoms with Gasteiger partial charge in [0.25, 0.3) is 0 Å². The largest absolute Gasteiger partial charge is 0.370 e. The normalized spacial score (nSPS) is 12.2. The lowest BCUT2D eigenvalue weighted by Gasteiger charge is -2.50. The number of unbranched alkanes of at least 4 members (excludes halogenated alkanes) is 12. The van der Waals surface area contributed by atoms with Crippen molar-refractivity contribution in [1.29, 1.82) is 0 Å². The molecule has 0 radical (unpaired) electrons. The van der Waals surface area contributed by atoms with Crippen LogP contribution in [0, 0.1) is 10.8 Å². The number of hydrogen-bond donors (Lipinski definition) is 2. The summed E-state index contributed by atoms with van der Waals surface area (Å²) < 4.78 is 0. The van der Waals surface area contributed by atoms with Crippen LogP contribution in [-0.4, -0.2) is 11.8 Å². The predicted octanol–water partition coefficient (Wildman–Crippen LogP) is 8.59. The Kier molecular flexibility index (Phi) is 19.5. The summed E-state index contributed by atoms with van der Waals surface area (Å²) in [6.45, 7) is 8.93. The molecule has 0 spiro atoms. The minimum Gasteiger partial charge on any atom is -0.370 e. The van der Waals surface area contributed by atoms with Gasteiger partial charge >= 0.3 is 0 Å². The highest BCUT2D eigenvalue weighted by atomic mass is 16.1. The lowest BCUT2D eigenvalue weighted by atomic mass is 9.52. The average molecular weight is 481 g/mol. The Bertz CT molecular complexity index is 494. The first-order chi connectivity index (χ1) is 16.4. The Morgan fingerprint density at radius 3 is 1.15 bits per heavy atom. The minimum absolute atomic E-state index is 0.115. The maximum Gasteiger partial charge on any atom is 0.224 e. The summed E-state index contributed by atoms with van der Waals surface area (Å²) in [5.74, 6) is -0.363. The quantitative estimate of drug-likeness (QED) is 0.128. The zero-order valence-electron chi connectivity index (χ0n) is 23.5. The van der Waals surface area contributed by atoms with E-state index in [1.807, 2.05) is 0 Å². The first-order valence-corrected chi connectivity index (χ1v) is 14.9. The monoisotopic (exact) mass is 480 g/mol. The maximum atomic E-state index is 13.5. The number of nitrogens with two attached hydrogens (primary N) is 2. The summed E-state index contributed by atoms with van der Waals surface area (Å²) in [4.78, 5) is 25.5. The van der Waals surface area contributed by atoms with Crippen molar-refractivity contribution in [3.05, 3.63) is 0 Å². The van der Waals surface area contributed by atoms with Gasteiger partial charge in [-0.05, 0) is 37.5 Å². The lowest BCUT2D eigenvalue weighted by molar-refractivity contribution is -0.142. The van der Waals surface area contributed by atoms with Gasteiger partial charge in [0.2, 0.25) is 11.8 Å². The van der Waals surface area contributed by atoms with Crippen molar-refractivity contribution in [2.45, 2.75) is 169 Å². The molecule has 0 saturated heterocycles. The van der Waals surface area contributed by atoms with Crippen molar-refractivity contribution in [2.24, 2.45) is 22.3 Å². The molecular weight excluding hydrogens is 420 g/mol. The Balaban J connectivity index is 6.25. The van der Waals surface area contributed by atoms with E-state index in [0.717, 1.165) is 64.2 Å². The summed E-state index contributed by atoms with van der Waals surface area (Å²) in [5.41, 5.74) is 11.4. The molecule has 2 amide bonds. The van der Waals surface area contributed by atoms with Gasteiger partial charge in [0.1, 0.15) is 0 Å². The van der Waals surface area contributed by atoms with Crippen LogP contribution in [0.1, 0.15) is 169 Å². The van der Waals surface area contributed by atoms with Gasteiger partial charge in [0, 0.05) is 6.42 Å². The molecule has 0 aromatic heterocycles. The van der Waals surface area contributed by atoms with Crippen LogP contribution in [0.5, 0.6) is 0 Å². The fourth-order valence-corrected chi connectivity index (χ4v) is 6.11. The molecule has 34 heavy (non-hydrogen) atoms. The van der Waals surface area contributed by atoms with Gasteiger partial charge in [0.15, 0.2) is 0 Å². The van der Waals surface area contributed by atoms with Crippen molar-refractivity contribution in [1.82, 2.24) is 0 Å². The van der Waals surface area contributed by atoms with Gasteiger partial charge in [-0.3, -0.25) is 9.59 Å². The lowest BCUT2D eigenvalue weighted by Crippen LogP contribution is -2.51. The van der Waals surface area contributed by atoms with E-state index in [9.17, 15) is 9.59 Å². The van der Waals surface area contributed by atoms with Crippen LogP contribution in [0.15, 0.2) is 0 Å². The molecule has 202 valence electrons. The summed E-state index contributed by atoms with van der Waals surface area (Å²) in [5, 5.41) is 0. The Morgan fingerprint density at radius 1 is 0.500 bits per heavy atom. The van der Waals surface area contributed by atoms with E-state index in [1.54, 1.807) is 0 Å². The van der Waals surface area contributed by atoms with Crippen molar-refractivity contribution in [3.63, 3.8) is 0 Å². The number of rotatable bonds is 25. The molecule has 0 aromatic rings. The molecule has 4 N–H and O–H groups in total. The van der Waals surface area contributed by atoms with Gasteiger partial charge in [-0.25, -0.2) is 0 Å². The third-order valence-electron chi connectivity index (χ3n) is 8.27. The third-order valence-corrected chi connectivity index (χ3v) is 8.27. The average Bonchev–Trinajstić information content (AvgIpc) is 2.81. The first-order valence-electron chi connectivity index (χ1n) is 14.9. The number of amides is 2. The SMILES string of the molecule is CCCCCCC(CCCCCC)(CCC(N)=O)C(CCCCCC)(CCCCCC)C(N)=O. The molecule has 0 aliphatic carbocycles. The molecule has 4 heteroatoms. The van der Waals surface area contributed by atoms with Gasteiger partial charge < -0.3 is 11.5 Å². The summed E-state index contributed by atoms with van der Waals surface area (Å²) >= 11 is 0. The molecule has 0 fully saturated rings. The second-order valence-electron chi connectivity index (χ2n) is 10.9. The molecule has 0 unspecified atom stereocenters. The second kappa shape index (κ2) is 20.2. The molecule has 0 aliphatic heterocycles. The molecule has 0 heterocycles. The highest BCUT2D eigenvalue weighted by Crippen LogP contribution is 2.56. The zero-order valence-corrected chi connectivity index (χ0v) is 23.5. The van der Waals surface area contributed by atoms with E-state index >= 15 is 0 Å². The van der Waals surface area contributed by atoms with Crippen molar-refractivity contribution < 1.29 is 9.59 Å². The molecule has 4 nitrogen and oxygen atoms in total. The van der Waals surface area contributed by atoms with E-state index in [2.05, 4.69) is 27.7 Å². The predicted molar refractivity (Wildman–Crippen MR) is 148 cm³/mol. The Morgan fingerprint density at radius 2 is 0.853 bits per heavy atom. The van der Waals surface area contributed by atoms with Crippen LogP contribution in [0.4, 0.5) is 0 Å². The van der Waals surface area contributed by atoms with Crippen LogP contribution in [0.2, 0.25) is 0 Å². The Hall–Kier alpha value is -1.06. The van der Waals surface area contributed by atoms with E-state index < -0.39 is 5.41 Å². The number of carbonyl (C=O) groups is 2. The smallest absolute Gasteiger partial charge is 0.224 e. The minimum atomic E-state index is -0.525. The van der Waals surface area contributed by atoms with Crippen LogP contribution in [-0.2, 0) is 9.59 Å². The molecule has 0 saturated carbocycles. The van der Waals surface area contributed by atoms with Gasteiger partial charge in [-0.15, -0.1) is 0 Å². The second-order valence-corrected chi connectivity index (χ2v) is 10.9. The highest BCUT2D eigenvalue weighted by Gasteiger charge is 2.53. The van der Waals surface area contributed by atoms with Gasteiger partial charge in [-0.1, -0.05) is 130 Å². The number of carbonyl (C=O) groups excluding carboxylic acids is 2. The summed E-state index contributed by atoms with van der Waals surface area (Å²) in [7, 11) is 0. The van der Waals surface area contributed by atoms with Crippen molar-refractivity contribution in [2.75, 3.05) is 0 Å². The Labute approximate surface area is 212 Å². The molecule has 0 atom stereocenters. The van der Waals surface area contributed by atoms with Gasteiger partial charge in [-0.2, -0.15) is 0 Å². The summed E-state index contributed by atoms with van der Waals surface area (Å²) in [6, 6.07) is 0. The van der Waals surface area contributed by atoms with E-state index in [-0.39, 0.29) is 17.2 Å². The van der Waals surface area contributed by atoms with Crippen molar-refractivity contribution in [3.8, 4) is 0 Å². The van der Waals surface area contributed by atoms with Crippen LogP contribution < -0.4 is 11.5 Å². The fourth-order valence-electron chi connectivity index (χ4n) is 6.11. The van der Waals surface area contributed by atoms with E-state index in [1.165, 1.54) is 64.2 Å². The third kappa shape index (κ3) is 12.1.